The second kappa shape index (κ2) is 6.42. The number of aromatic carboxylic acids is 1. The lowest BCUT2D eigenvalue weighted by atomic mass is 9.95. The number of carbonyl (C=O) groups is 1. The van der Waals surface area contributed by atoms with Crippen molar-refractivity contribution in [1.29, 1.82) is 0 Å². The molecule has 1 aromatic heterocycles. The van der Waals surface area contributed by atoms with Gasteiger partial charge in [-0.05, 0) is 32.3 Å². The lowest BCUT2D eigenvalue weighted by Gasteiger charge is -2.09. The van der Waals surface area contributed by atoms with Crippen LogP contribution in [0.3, 0.4) is 0 Å². The normalized spacial score (nSPS) is 10.8. The molecule has 0 aliphatic heterocycles. The van der Waals surface area contributed by atoms with Gasteiger partial charge in [0, 0.05) is 6.07 Å². The van der Waals surface area contributed by atoms with Crippen molar-refractivity contribution in [2.75, 3.05) is 0 Å². The lowest BCUT2D eigenvalue weighted by Crippen LogP contribution is -2.24. The van der Waals surface area contributed by atoms with Gasteiger partial charge in [0.2, 0.25) is 0 Å². The topological polar surface area (TPSA) is 103 Å². The van der Waals surface area contributed by atoms with E-state index in [-0.39, 0.29) is 0 Å². The number of rotatable bonds is 1. The third-order valence-electron chi connectivity index (χ3n) is 4.38. The monoisotopic (exact) mass is 358 g/mol. The summed E-state index contributed by atoms with van der Waals surface area (Å²) in [6.45, 7) is 0. The van der Waals surface area contributed by atoms with Crippen LogP contribution in [0.1, 0.15) is 10.5 Å². The van der Waals surface area contributed by atoms with Crippen molar-refractivity contribution in [3.8, 4) is 0 Å². The summed E-state index contributed by atoms with van der Waals surface area (Å²) in [7, 11) is 0. The number of aromatic nitrogens is 2. The maximum Gasteiger partial charge on any atom is 0.352 e. The number of hydrogen-bond acceptors (Lipinski definition) is 3. The van der Waals surface area contributed by atoms with Gasteiger partial charge in [-0.1, -0.05) is 60.7 Å². The number of benzene rings is 4. The molecule has 0 fully saturated rings. The van der Waals surface area contributed by atoms with Crippen LogP contribution in [0.15, 0.2) is 76.3 Å². The minimum atomic E-state index is -1.34. The fourth-order valence-electron chi connectivity index (χ4n) is 3.25. The first-order chi connectivity index (χ1) is 13.0. The van der Waals surface area contributed by atoms with E-state index < -0.39 is 22.9 Å². The van der Waals surface area contributed by atoms with E-state index in [1.165, 1.54) is 32.3 Å². The van der Waals surface area contributed by atoms with E-state index >= 15 is 0 Å². The largest absolute Gasteiger partial charge is 0.477 e. The highest BCUT2D eigenvalue weighted by molar-refractivity contribution is 6.22. The van der Waals surface area contributed by atoms with Crippen LogP contribution < -0.4 is 11.2 Å². The third kappa shape index (κ3) is 3.04. The summed E-state index contributed by atoms with van der Waals surface area (Å²) < 4.78 is 0. The van der Waals surface area contributed by atoms with Crippen LogP contribution >= 0.6 is 0 Å². The molecule has 4 aromatic carbocycles. The average Bonchev–Trinajstić information content (AvgIpc) is 2.66. The van der Waals surface area contributed by atoms with Gasteiger partial charge in [0.05, 0.1) is 0 Å². The van der Waals surface area contributed by atoms with Crippen molar-refractivity contribution in [2.24, 2.45) is 0 Å². The van der Waals surface area contributed by atoms with Gasteiger partial charge in [-0.15, -0.1) is 0 Å². The summed E-state index contributed by atoms with van der Waals surface area (Å²) in [6, 6.07) is 22.7. The van der Waals surface area contributed by atoms with E-state index in [4.69, 9.17) is 5.11 Å². The smallest absolute Gasteiger partial charge is 0.352 e. The molecule has 0 unspecified atom stereocenters. The second-order valence-corrected chi connectivity index (χ2v) is 6.10. The molecule has 6 nitrogen and oxygen atoms in total. The van der Waals surface area contributed by atoms with E-state index in [1.54, 1.807) is 0 Å². The Morgan fingerprint density at radius 3 is 1.52 bits per heavy atom. The summed E-state index contributed by atoms with van der Waals surface area (Å²) in [6.07, 6.45) is 0. The molecule has 0 spiro atoms. The number of nitrogens with one attached hydrogen (secondary N) is 2. The Morgan fingerprint density at radius 2 is 1.15 bits per heavy atom. The van der Waals surface area contributed by atoms with Gasteiger partial charge in [0.1, 0.15) is 5.69 Å². The van der Waals surface area contributed by atoms with Crippen molar-refractivity contribution in [3.63, 3.8) is 0 Å². The Morgan fingerprint density at radius 1 is 0.704 bits per heavy atom. The first-order valence-electron chi connectivity index (χ1n) is 8.22. The summed E-state index contributed by atoms with van der Waals surface area (Å²) in [5.41, 5.74) is -1.97. The molecule has 0 aliphatic carbocycles. The SMILES string of the molecule is O=C(O)c1cc(=O)[nH]c(=O)[nH]1.c1cc2ccc3cccc4ccc(c1)c2c34. The third-order valence-corrected chi connectivity index (χ3v) is 4.38. The molecule has 0 aliphatic rings. The molecule has 0 amide bonds. The van der Waals surface area contributed by atoms with Gasteiger partial charge in [-0.3, -0.25) is 9.78 Å². The van der Waals surface area contributed by atoms with Crippen LogP contribution in [0.25, 0.3) is 32.3 Å². The van der Waals surface area contributed by atoms with Crippen LogP contribution in [0.5, 0.6) is 0 Å². The number of carboxylic acids is 1. The van der Waals surface area contributed by atoms with Crippen LogP contribution in [-0.4, -0.2) is 21.0 Å². The number of H-pyrrole nitrogens is 2. The molecule has 0 saturated heterocycles. The van der Waals surface area contributed by atoms with Crippen LogP contribution in [-0.2, 0) is 0 Å². The zero-order valence-electron chi connectivity index (χ0n) is 14.0. The van der Waals surface area contributed by atoms with E-state index in [2.05, 4.69) is 60.7 Å². The Bertz CT molecular complexity index is 1240. The highest BCUT2D eigenvalue weighted by Gasteiger charge is 2.06. The highest BCUT2D eigenvalue weighted by atomic mass is 16.4. The first kappa shape index (κ1) is 16.5. The van der Waals surface area contributed by atoms with Crippen LogP contribution in [0.4, 0.5) is 0 Å². The minimum absolute atomic E-state index is 0.418. The molecule has 0 saturated carbocycles. The molecular formula is C21H14N2O4. The zero-order valence-corrected chi connectivity index (χ0v) is 14.0. The van der Waals surface area contributed by atoms with Crippen molar-refractivity contribution in [1.82, 2.24) is 9.97 Å². The molecule has 6 heteroatoms. The molecule has 132 valence electrons. The molecular weight excluding hydrogens is 344 g/mol. The maximum absolute atomic E-state index is 10.5. The predicted molar refractivity (Wildman–Crippen MR) is 105 cm³/mol. The highest BCUT2D eigenvalue weighted by Crippen LogP contribution is 2.33. The van der Waals surface area contributed by atoms with Crippen LogP contribution in [0, 0.1) is 0 Å². The average molecular weight is 358 g/mol. The van der Waals surface area contributed by atoms with Gasteiger partial charge >= 0.3 is 11.7 Å². The fraction of sp³-hybridized carbons (Fsp3) is 0. The zero-order chi connectivity index (χ0) is 19.0. The molecule has 5 rings (SSSR count). The summed E-state index contributed by atoms with van der Waals surface area (Å²) in [5.74, 6) is -1.34. The van der Waals surface area contributed by atoms with Crippen molar-refractivity contribution in [3.05, 3.63) is 93.3 Å². The molecule has 3 N–H and O–H groups in total. The lowest BCUT2D eigenvalue weighted by molar-refractivity contribution is 0.0689. The van der Waals surface area contributed by atoms with Crippen molar-refractivity contribution < 1.29 is 9.90 Å². The molecule has 0 atom stereocenters. The molecule has 5 aromatic rings. The molecule has 1 heterocycles. The van der Waals surface area contributed by atoms with Gasteiger partial charge in [0.15, 0.2) is 0 Å². The van der Waals surface area contributed by atoms with Gasteiger partial charge < -0.3 is 10.1 Å². The van der Waals surface area contributed by atoms with Gasteiger partial charge in [-0.2, -0.15) is 0 Å². The summed E-state index contributed by atoms with van der Waals surface area (Å²) in [4.78, 5) is 34.9. The molecule has 0 radical (unpaired) electrons. The Hall–Kier alpha value is -3.93. The Balaban J connectivity index is 0.000000145. The fourth-order valence-corrected chi connectivity index (χ4v) is 3.25. The van der Waals surface area contributed by atoms with E-state index in [0.29, 0.717) is 0 Å². The second-order valence-electron chi connectivity index (χ2n) is 6.10. The van der Waals surface area contributed by atoms with Crippen molar-refractivity contribution >= 4 is 38.3 Å². The maximum atomic E-state index is 10.5. The Labute approximate surface area is 152 Å². The Kier molecular flexibility index (Phi) is 3.93. The quantitative estimate of drug-likeness (QED) is 0.400. The predicted octanol–water partition coefficient (Wildman–Crippen LogP) is 3.35. The van der Waals surface area contributed by atoms with E-state index in [9.17, 15) is 14.4 Å². The van der Waals surface area contributed by atoms with E-state index in [1.807, 2.05) is 9.97 Å². The number of carboxylic acid groups (broad SMARTS) is 1. The van der Waals surface area contributed by atoms with Crippen molar-refractivity contribution in [2.45, 2.75) is 0 Å². The number of hydrogen-bond donors (Lipinski definition) is 3. The molecule has 0 bridgehead atoms. The van der Waals surface area contributed by atoms with Crippen LogP contribution in [0.2, 0.25) is 0 Å². The van der Waals surface area contributed by atoms with Gasteiger partial charge in [0.25, 0.3) is 5.56 Å². The number of aromatic amines is 2. The minimum Gasteiger partial charge on any atom is -0.477 e. The van der Waals surface area contributed by atoms with E-state index in [0.717, 1.165) is 6.07 Å². The van der Waals surface area contributed by atoms with Gasteiger partial charge in [-0.25, -0.2) is 9.59 Å². The summed E-state index contributed by atoms with van der Waals surface area (Å²) >= 11 is 0. The molecule has 27 heavy (non-hydrogen) atoms. The standard InChI is InChI=1S/C16H10.C5H4N2O4/c1-3-11-7-9-13-5-2-6-14-10-8-12(4-1)15(11)16(13)14;8-3-1-2(4(9)10)6-5(11)7-3/h1-10H;1H,(H,9,10)(H2,6,7,8,11). The first-order valence-corrected chi connectivity index (χ1v) is 8.22. The summed E-state index contributed by atoms with van der Waals surface area (Å²) in [5, 5.41) is 16.5.